The summed E-state index contributed by atoms with van der Waals surface area (Å²) >= 11 is 5.94. The van der Waals surface area contributed by atoms with Crippen LogP contribution in [0.1, 0.15) is 35.6 Å². The van der Waals surface area contributed by atoms with E-state index in [9.17, 15) is 9.18 Å². The van der Waals surface area contributed by atoms with E-state index in [1.54, 1.807) is 47.5 Å². The van der Waals surface area contributed by atoms with Gasteiger partial charge in [0.15, 0.2) is 0 Å². The summed E-state index contributed by atoms with van der Waals surface area (Å²) in [6, 6.07) is 13.3. The summed E-state index contributed by atoms with van der Waals surface area (Å²) in [5.74, 6) is 0.789. The number of amides is 1. The van der Waals surface area contributed by atoms with E-state index >= 15 is 0 Å². The van der Waals surface area contributed by atoms with Gasteiger partial charge >= 0.3 is 0 Å². The minimum absolute atomic E-state index is 0.0540. The highest BCUT2D eigenvalue weighted by molar-refractivity contribution is 6.30. The van der Waals surface area contributed by atoms with Gasteiger partial charge in [0.1, 0.15) is 11.6 Å². The number of halogens is 2. The van der Waals surface area contributed by atoms with Crippen LogP contribution in [-0.4, -0.2) is 26.9 Å². The number of hydrogen-bond donors (Lipinski definition) is 0. The summed E-state index contributed by atoms with van der Waals surface area (Å²) in [6.07, 6.45) is 3.60. The molecule has 0 unspecified atom stereocenters. The van der Waals surface area contributed by atoms with Crippen molar-refractivity contribution in [2.45, 2.75) is 26.9 Å². The summed E-state index contributed by atoms with van der Waals surface area (Å²) < 4.78 is 15.1. The molecule has 2 aromatic carbocycles. The zero-order valence-corrected chi connectivity index (χ0v) is 16.7. The van der Waals surface area contributed by atoms with Crippen LogP contribution in [0.5, 0.6) is 0 Å². The second-order valence-electron chi connectivity index (χ2n) is 7.18. The fourth-order valence-corrected chi connectivity index (χ4v) is 3.15. The van der Waals surface area contributed by atoms with Crippen molar-refractivity contribution in [2.75, 3.05) is 6.54 Å². The van der Waals surface area contributed by atoms with Crippen molar-refractivity contribution < 1.29 is 9.18 Å². The van der Waals surface area contributed by atoms with E-state index in [2.05, 4.69) is 18.8 Å². The molecule has 3 aromatic rings. The Labute approximate surface area is 169 Å². The van der Waals surface area contributed by atoms with Crippen LogP contribution < -0.4 is 0 Å². The highest BCUT2D eigenvalue weighted by Crippen LogP contribution is 2.16. The van der Waals surface area contributed by atoms with Crippen molar-refractivity contribution in [1.29, 1.82) is 0 Å². The molecule has 0 saturated heterocycles. The van der Waals surface area contributed by atoms with E-state index < -0.39 is 0 Å². The smallest absolute Gasteiger partial charge is 0.254 e. The number of rotatable bonds is 7. The van der Waals surface area contributed by atoms with Gasteiger partial charge in [-0.2, -0.15) is 0 Å². The standard InChI is InChI=1S/C22H23ClFN3O/c1-16(2)13-27(22(28)18-5-7-19(23)8-6-18)15-21-25-11-12-26(21)14-17-3-9-20(24)10-4-17/h3-12,16H,13-15H2,1-2H3. The molecule has 0 saturated carbocycles. The quantitative estimate of drug-likeness (QED) is 0.559. The van der Waals surface area contributed by atoms with Gasteiger partial charge in [0.2, 0.25) is 0 Å². The molecular formula is C22H23ClFN3O. The van der Waals surface area contributed by atoms with Crippen molar-refractivity contribution in [3.8, 4) is 0 Å². The number of nitrogens with zero attached hydrogens (tertiary/aromatic N) is 3. The second kappa shape index (κ2) is 9.02. The maximum atomic E-state index is 13.1. The Hall–Kier alpha value is -2.66. The molecule has 0 radical (unpaired) electrons. The monoisotopic (exact) mass is 399 g/mol. The minimum atomic E-state index is -0.258. The van der Waals surface area contributed by atoms with E-state index in [-0.39, 0.29) is 11.7 Å². The molecule has 0 N–H and O–H groups in total. The summed E-state index contributed by atoms with van der Waals surface area (Å²) in [4.78, 5) is 19.3. The Morgan fingerprint density at radius 3 is 2.46 bits per heavy atom. The normalized spacial score (nSPS) is 11.0. The van der Waals surface area contributed by atoms with Gasteiger partial charge < -0.3 is 9.47 Å². The lowest BCUT2D eigenvalue weighted by Crippen LogP contribution is -2.34. The average molecular weight is 400 g/mol. The lowest BCUT2D eigenvalue weighted by Gasteiger charge is -2.25. The molecule has 1 heterocycles. The Morgan fingerprint density at radius 1 is 1.14 bits per heavy atom. The first kappa shape index (κ1) is 20.1. The summed E-state index contributed by atoms with van der Waals surface area (Å²) in [7, 11) is 0. The van der Waals surface area contributed by atoms with E-state index in [1.807, 2.05) is 10.8 Å². The van der Waals surface area contributed by atoms with Crippen LogP contribution in [0.2, 0.25) is 5.02 Å². The lowest BCUT2D eigenvalue weighted by atomic mass is 10.1. The Balaban J connectivity index is 1.79. The Kier molecular flexibility index (Phi) is 6.47. The molecule has 0 spiro atoms. The van der Waals surface area contributed by atoms with Crippen LogP contribution in [0.25, 0.3) is 0 Å². The zero-order valence-electron chi connectivity index (χ0n) is 16.0. The molecule has 1 aromatic heterocycles. The first-order valence-electron chi connectivity index (χ1n) is 9.21. The third kappa shape index (κ3) is 5.20. The van der Waals surface area contributed by atoms with Gasteiger partial charge in [-0.15, -0.1) is 0 Å². The van der Waals surface area contributed by atoms with Crippen LogP contribution in [0.3, 0.4) is 0 Å². The summed E-state index contributed by atoms with van der Waals surface area (Å²) in [6.45, 7) is 5.74. The topological polar surface area (TPSA) is 38.1 Å². The molecular weight excluding hydrogens is 377 g/mol. The second-order valence-corrected chi connectivity index (χ2v) is 7.62. The summed E-state index contributed by atoms with van der Waals surface area (Å²) in [5.41, 5.74) is 1.57. The SMILES string of the molecule is CC(C)CN(Cc1nccn1Cc1ccc(F)cc1)C(=O)c1ccc(Cl)cc1. The Bertz CT molecular complexity index is 920. The fraction of sp³-hybridized carbons (Fsp3) is 0.273. The number of aromatic nitrogens is 2. The number of carbonyl (C=O) groups is 1. The van der Waals surface area contributed by atoms with Crippen LogP contribution >= 0.6 is 11.6 Å². The van der Waals surface area contributed by atoms with Gasteiger partial charge in [0.05, 0.1) is 6.54 Å². The third-order valence-electron chi connectivity index (χ3n) is 4.36. The first-order valence-corrected chi connectivity index (χ1v) is 9.59. The number of benzene rings is 2. The highest BCUT2D eigenvalue weighted by Gasteiger charge is 2.19. The third-order valence-corrected chi connectivity index (χ3v) is 4.62. The molecule has 3 rings (SSSR count). The molecule has 6 heteroatoms. The van der Waals surface area contributed by atoms with E-state index in [4.69, 9.17) is 11.6 Å². The van der Waals surface area contributed by atoms with Gasteiger partial charge in [-0.05, 0) is 47.9 Å². The molecule has 28 heavy (non-hydrogen) atoms. The van der Waals surface area contributed by atoms with Crippen LogP contribution in [-0.2, 0) is 13.1 Å². The van der Waals surface area contributed by atoms with E-state index in [1.165, 1.54) is 12.1 Å². The largest absolute Gasteiger partial charge is 0.331 e. The molecule has 4 nitrogen and oxygen atoms in total. The van der Waals surface area contributed by atoms with Crippen molar-refractivity contribution in [2.24, 2.45) is 5.92 Å². The van der Waals surface area contributed by atoms with Crippen molar-refractivity contribution in [3.05, 3.63) is 88.7 Å². The van der Waals surface area contributed by atoms with Crippen molar-refractivity contribution in [3.63, 3.8) is 0 Å². The number of carbonyl (C=O) groups excluding carboxylic acids is 1. The van der Waals surface area contributed by atoms with E-state index in [0.29, 0.717) is 36.1 Å². The average Bonchev–Trinajstić information content (AvgIpc) is 3.09. The molecule has 0 bridgehead atoms. The highest BCUT2D eigenvalue weighted by atomic mass is 35.5. The van der Waals surface area contributed by atoms with Crippen LogP contribution in [0.4, 0.5) is 4.39 Å². The lowest BCUT2D eigenvalue weighted by molar-refractivity contribution is 0.0716. The molecule has 0 aliphatic heterocycles. The fourth-order valence-electron chi connectivity index (χ4n) is 3.03. The number of hydrogen-bond acceptors (Lipinski definition) is 2. The van der Waals surface area contributed by atoms with Gasteiger partial charge in [-0.3, -0.25) is 4.79 Å². The van der Waals surface area contributed by atoms with Gasteiger partial charge in [-0.1, -0.05) is 37.6 Å². The van der Waals surface area contributed by atoms with Crippen molar-refractivity contribution >= 4 is 17.5 Å². The minimum Gasteiger partial charge on any atom is -0.331 e. The number of imidazole rings is 1. The van der Waals surface area contributed by atoms with Gasteiger partial charge in [-0.25, -0.2) is 9.37 Å². The molecule has 0 aliphatic carbocycles. The van der Waals surface area contributed by atoms with Crippen LogP contribution in [0.15, 0.2) is 60.9 Å². The predicted molar refractivity (Wildman–Crippen MR) is 109 cm³/mol. The van der Waals surface area contributed by atoms with Gasteiger partial charge in [0, 0.05) is 36.1 Å². The van der Waals surface area contributed by atoms with Crippen LogP contribution in [0, 0.1) is 11.7 Å². The molecule has 0 fully saturated rings. The Morgan fingerprint density at radius 2 is 1.82 bits per heavy atom. The predicted octanol–water partition coefficient (Wildman–Crippen LogP) is 5.02. The maximum Gasteiger partial charge on any atom is 0.254 e. The molecule has 146 valence electrons. The maximum absolute atomic E-state index is 13.1. The van der Waals surface area contributed by atoms with Crippen molar-refractivity contribution in [1.82, 2.24) is 14.5 Å². The molecule has 1 amide bonds. The summed E-state index contributed by atoms with van der Waals surface area (Å²) in [5, 5.41) is 0.599. The molecule has 0 atom stereocenters. The molecule has 0 aliphatic rings. The first-order chi connectivity index (χ1) is 13.4. The van der Waals surface area contributed by atoms with E-state index in [0.717, 1.165) is 11.4 Å². The van der Waals surface area contributed by atoms with Gasteiger partial charge in [0.25, 0.3) is 5.91 Å². The zero-order chi connectivity index (χ0) is 20.1.